The summed E-state index contributed by atoms with van der Waals surface area (Å²) in [6.07, 6.45) is 0. The Morgan fingerprint density at radius 1 is 0.920 bits per heavy atom. The Kier molecular flexibility index (Phi) is 4.35. The number of nitro groups is 1. The molecule has 2 aromatic rings. The van der Waals surface area contributed by atoms with E-state index in [-0.39, 0.29) is 16.8 Å². The topological polar surface area (TPSA) is 89.8 Å². The van der Waals surface area contributed by atoms with Crippen LogP contribution in [-0.4, -0.2) is 28.9 Å². The first-order valence-corrected chi connectivity index (χ1v) is 7.49. The van der Waals surface area contributed by atoms with Gasteiger partial charge in [0.15, 0.2) is 0 Å². The summed E-state index contributed by atoms with van der Waals surface area (Å²) in [7, 11) is 1.22. The van der Waals surface area contributed by atoms with E-state index in [0.717, 1.165) is 0 Å². The number of hydrogen-bond donors (Lipinski definition) is 0. The van der Waals surface area contributed by atoms with Gasteiger partial charge in [0.25, 0.3) is 17.5 Å². The van der Waals surface area contributed by atoms with E-state index >= 15 is 0 Å². The fourth-order valence-electron chi connectivity index (χ4n) is 2.58. The summed E-state index contributed by atoms with van der Waals surface area (Å²) in [5.41, 5.74) is 1.03. The van der Waals surface area contributed by atoms with Crippen LogP contribution in [0.25, 0.3) is 11.1 Å². The SMILES string of the molecule is CON1C(=O)C(c2ccc(Cl)cc2)=C(c2ccc([N+](=O)[O-])cc2)C1=O. The molecule has 0 atom stereocenters. The van der Waals surface area contributed by atoms with Gasteiger partial charge in [0.1, 0.15) is 0 Å². The highest BCUT2D eigenvalue weighted by Crippen LogP contribution is 2.36. The van der Waals surface area contributed by atoms with Crippen molar-refractivity contribution in [3.63, 3.8) is 0 Å². The summed E-state index contributed by atoms with van der Waals surface area (Å²) in [6.45, 7) is 0. The van der Waals surface area contributed by atoms with E-state index in [1.807, 2.05) is 0 Å². The Bertz CT molecular complexity index is 904. The number of amides is 2. The van der Waals surface area contributed by atoms with Crippen LogP contribution in [-0.2, 0) is 14.4 Å². The smallest absolute Gasteiger partial charge is 0.266 e. The van der Waals surface area contributed by atoms with Crippen molar-refractivity contribution in [1.29, 1.82) is 0 Å². The van der Waals surface area contributed by atoms with E-state index in [1.165, 1.54) is 31.4 Å². The third kappa shape index (κ3) is 2.90. The fraction of sp³-hybridized carbons (Fsp3) is 0.0588. The van der Waals surface area contributed by atoms with Gasteiger partial charge < -0.3 is 0 Å². The molecule has 3 rings (SSSR count). The first-order chi connectivity index (χ1) is 11.9. The molecule has 25 heavy (non-hydrogen) atoms. The zero-order valence-corrected chi connectivity index (χ0v) is 13.7. The summed E-state index contributed by atoms with van der Waals surface area (Å²) >= 11 is 5.87. The van der Waals surface area contributed by atoms with Gasteiger partial charge in [-0.3, -0.25) is 24.5 Å². The van der Waals surface area contributed by atoms with Crippen LogP contribution in [0.2, 0.25) is 5.02 Å². The molecule has 2 aromatic carbocycles. The molecule has 7 nitrogen and oxygen atoms in total. The number of hydroxylamine groups is 2. The lowest BCUT2D eigenvalue weighted by Gasteiger charge is -2.10. The van der Waals surface area contributed by atoms with E-state index in [4.69, 9.17) is 16.4 Å². The van der Waals surface area contributed by atoms with Crippen molar-refractivity contribution in [2.75, 3.05) is 7.11 Å². The molecule has 0 radical (unpaired) electrons. The molecule has 0 spiro atoms. The molecule has 0 saturated heterocycles. The van der Waals surface area contributed by atoms with Crippen LogP contribution in [0.1, 0.15) is 11.1 Å². The largest absolute Gasteiger partial charge is 0.286 e. The Morgan fingerprint density at radius 3 is 1.76 bits per heavy atom. The van der Waals surface area contributed by atoms with Gasteiger partial charge in [-0.15, -0.1) is 5.06 Å². The second-order valence-corrected chi connectivity index (χ2v) is 5.58. The van der Waals surface area contributed by atoms with Gasteiger partial charge in [0.05, 0.1) is 23.2 Å². The monoisotopic (exact) mass is 358 g/mol. The summed E-state index contributed by atoms with van der Waals surface area (Å²) < 4.78 is 0. The van der Waals surface area contributed by atoms with Crippen LogP contribution in [0, 0.1) is 10.1 Å². The second kappa shape index (κ2) is 6.46. The molecule has 0 unspecified atom stereocenters. The molecule has 126 valence electrons. The van der Waals surface area contributed by atoms with Crippen molar-refractivity contribution in [2.45, 2.75) is 0 Å². The van der Waals surface area contributed by atoms with Crippen molar-refractivity contribution in [2.24, 2.45) is 0 Å². The Balaban J connectivity index is 2.18. The molecule has 0 saturated carbocycles. The zero-order valence-electron chi connectivity index (χ0n) is 12.9. The van der Waals surface area contributed by atoms with E-state index < -0.39 is 16.7 Å². The number of rotatable bonds is 4. The molecule has 0 fully saturated rings. The number of halogens is 1. The maximum absolute atomic E-state index is 12.6. The number of imide groups is 1. The minimum atomic E-state index is -0.633. The molecular formula is C17H11ClN2O5. The Morgan fingerprint density at radius 2 is 1.36 bits per heavy atom. The predicted molar refractivity (Wildman–Crippen MR) is 90.2 cm³/mol. The van der Waals surface area contributed by atoms with Crippen LogP contribution in [0.5, 0.6) is 0 Å². The summed E-state index contributed by atoms with van der Waals surface area (Å²) in [5, 5.41) is 11.9. The normalized spacial score (nSPS) is 14.4. The highest BCUT2D eigenvalue weighted by molar-refractivity contribution is 6.48. The van der Waals surface area contributed by atoms with E-state index in [1.54, 1.807) is 24.3 Å². The second-order valence-electron chi connectivity index (χ2n) is 5.15. The van der Waals surface area contributed by atoms with E-state index in [0.29, 0.717) is 21.2 Å². The molecule has 8 heteroatoms. The van der Waals surface area contributed by atoms with Gasteiger partial charge in [0, 0.05) is 17.2 Å². The number of benzene rings is 2. The number of carbonyl (C=O) groups excluding carboxylic acids is 2. The maximum Gasteiger partial charge on any atom is 0.286 e. The van der Waals surface area contributed by atoms with Gasteiger partial charge >= 0.3 is 0 Å². The number of carbonyl (C=O) groups is 2. The average Bonchev–Trinajstić information content (AvgIpc) is 2.86. The van der Waals surface area contributed by atoms with Gasteiger partial charge in [-0.05, 0) is 35.4 Å². The molecule has 0 N–H and O–H groups in total. The molecule has 1 aliphatic heterocycles. The maximum atomic E-state index is 12.6. The fourth-order valence-corrected chi connectivity index (χ4v) is 2.70. The van der Waals surface area contributed by atoms with Crippen LogP contribution in [0.15, 0.2) is 48.5 Å². The van der Waals surface area contributed by atoms with Crippen molar-refractivity contribution in [1.82, 2.24) is 5.06 Å². The zero-order chi connectivity index (χ0) is 18.1. The molecule has 0 bridgehead atoms. The molecular weight excluding hydrogens is 348 g/mol. The van der Waals surface area contributed by atoms with Gasteiger partial charge in [-0.2, -0.15) is 0 Å². The van der Waals surface area contributed by atoms with Crippen molar-refractivity contribution >= 4 is 40.2 Å². The quantitative estimate of drug-likeness (QED) is 0.476. The molecule has 2 amide bonds. The van der Waals surface area contributed by atoms with Crippen LogP contribution in [0.3, 0.4) is 0 Å². The standard InChI is InChI=1S/C17H11ClN2O5/c1-25-19-16(21)14(10-2-6-12(18)7-3-10)15(17(19)22)11-4-8-13(9-5-11)20(23)24/h2-9H,1H3. The highest BCUT2D eigenvalue weighted by atomic mass is 35.5. The average molecular weight is 359 g/mol. The lowest BCUT2D eigenvalue weighted by atomic mass is 9.96. The highest BCUT2D eigenvalue weighted by Gasteiger charge is 2.40. The van der Waals surface area contributed by atoms with Gasteiger partial charge in [-0.1, -0.05) is 23.7 Å². The Labute approximate surface area is 147 Å². The summed E-state index contributed by atoms with van der Waals surface area (Å²) in [4.78, 5) is 40.3. The van der Waals surface area contributed by atoms with Gasteiger partial charge in [0.2, 0.25) is 0 Å². The van der Waals surface area contributed by atoms with E-state index in [9.17, 15) is 19.7 Å². The summed E-state index contributed by atoms with van der Waals surface area (Å²) in [6, 6.07) is 11.8. The number of nitro benzene ring substituents is 1. The first kappa shape index (κ1) is 16.8. The molecule has 0 aromatic heterocycles. The molecule has 1 aliphatic rings. The van der Waals surface area contributed by atoms with E-state index in [2.05, 4.69) is 0 Å². The number of non-ortho nitro benzene ring substituents is 1. The lowest BCUT2D eigenvalue weighted by Crippen LogP contribution is -2.30. The summed E-state index contributed by atoms with van der Waals surface area (Å²) in [5.74, 6) is -1.24. The number of nitrogens with zero attached hydrogens (tertiary/aromatic N) is 2. The molecule has 1 heterocycles. The van der Waals surface area contributed by atoms with Crippen LogP contribution >= 0.6 is 11.6 Å². The molecule has 0 aliphatic carbocycles. The van der Waals surface area contributed by atoms with Crippen molar-refractivity contribution in [3.8, 4) is 0 Å². The van der Waals surface area contributed by atoms with Gasteiger partial charge in [-0.25, -0.2) is 0 Å². The van der Waals surface area contributed by atoms with Crippen LogP contribution in [0.4, 0.5) is 5.69 Å². The third-order valence-electron chi connectivity index (χ3n) is 3.73. The van der Waals surface area contributed by atoms with Crippen molar-refractivity contribution in [3.05, 3.63) is 74.8 Å². The number of hydrogen-bond acceptors (Lipinski definition) is 5. The Hall–Kier alpha value is -3.03. The predicted octanol–water partition coefficient (Wildman–Crippen LogP) is 3.09. The van der Waals surface area contributed by atoms with Crippen molar-refractivity contribution < 1.29 is 19.3 Å². The minimum Gasteiger partial charge on any atom is -0.266 e. The minimum absolute atomic E-state index is 0.113. The first-order valence-electron chi connectivity index (χ1n) is 7.12. The lowest BCUT2D eigenvalue weighted by molar-refractivity contribution is -0.384. The van der Waals surface area contributed by atoms with Crippen LogP contribution < -0.4 is 0 Å². The third-order valence-corrected chi connectivity index (χ3v) is 3.98.